The number of halogens is 1. The van der Waals surface area contributed by atoms with Gasteiger partial charge in [0.2, 0.25) is 5.91 Å². The van der Waals surface area contributed by atoms with Crippen LogP contribution in [0.15, 0.2) is 53.5 Å². The van der Waals surface area contributed by atoms with E-state index in [1.807, 2.05) is 49.4 Å². The van der Waals surface area contributed by atoms with E-state index in [0.717, 1.165) is 36.8 Å². The van der Waals surface area contributed by atoms with E-state index in [1.165, 1.54) is 0 Å². The van der Waals surface area contributed by atoms with Gasteiger partial charge in [-0.25, -0.2) is 0 Å². The predicted octanol–water partition coefficient (Wildman–Crippen LogP) is 4.82. The Bertz CT molecular complexity index is 995. The van der Waals surface area contributed by atoms with Crippen LogP contribution in [0.1, 0.15) is 43.7 Å². The summed E-state index contributed by atoms with van der Waals surface area (Å²) < 4.78 is 0. The fourth-order valence-corrected chi connectivity index (χ4v) is 4.44. The molecular weight excluding hydrogens is 398 g/mol. The van der Waals surface area contributed by atoms with Gasteiger partial charge in [-0.1, -0.05) is 54.9 Å². The van der Waals surface area contributed by atoms with Crippen molar-refractivity contribution in [1.29, 1.82) is 0 Å². The number of hydrogen-bond acceptors (Lipinski definition) is 3. The molecule has 0 bridgehead atoms. The van der Waals surface area contributed by atoms with Crippen LogP contribution in [0.3, 0.4) is 0 Å². The minimum Gasteiger partial charge on any atom is -0.324 e. The van der Waals surface area contributed by atoms with E-state index in [-0.39, 0.29) is 18.4 Å². The zero-order valence-electron chi connectivity index (χ0n) is 17.3. The molecule has 5 nitrogen and oxygen atoms in total. The van der Waals surface area contributed by atoms with E-state index in [1.54, 1.807) is 11.0 Å². The van der Waals surface area contributed by atoms with Crippen molar-refractivity contribution >= 4 is 34.8 Å². The van der Waals surface area contributed by atoms with Crippen LogP contribution < -0.4 is 5.32 Å². The zero-order chi connectivity index (χ0) is 21.3. The second kappa shape index (κ2) is 8.23. The number of carbonyl (C=O) groups excluding carboxylic acids is 2. The highest BCUT2D eigenvalue weighted by Gasteiger charge is 2.49. The Morgan fingerprint density at radius 3 is 2.57 bits per heavy atom. The van der Waals surface area contributed by atoms with Crippen molar-refractivity contribution in [3.8, 4) is 0 Å². The molecule has 1 aliphatic carbocycles. The summed E-state index contributed by atoms with van der Waals surface area (Å²) in [4.78, 5) is 32.8. The van der Waals surface area contributed by atoms with E-state index in [9.17, 15) is 9.59 Å². The molecule has 2 amide bonds. The Morgan fingerprint density at radius 2 is 1.90 bits per heavy atom. The van der Waals surface area contributed by atoms with Gasteiger partial charge in [-0.15, -0.1) is 0 Å². The summed E-state index contributed by atoms with van der Waals surface area (Å²) in [7, 11) is 0. The maximum atomic E-state index is 13.3. The zero-order valence-corrected chi connectivity index (χ0v) is 18.1. The van der Waals surface area contributed by atoms with Crippen molar-refractivity contribution in [3.63, 3.8) is 0 Å². The van der Waals surface area contributed by atoms with E-state index in [0.29, 0.717) is 22.3 Å². The van der Waals surface area contributed by atoms with Crippen LogP contribution in [0.25, 0.3) is 0 Å². The second-order valence-electron chi connectivity index (χ2n) is 8.39. The highest BCUT2D eigenvalue weighted by molar-refractivity contribution is 6.47. The molecule has 1 aliphatic heterocycles. The summed E-state index contributed by atoms with van der Waals surface area (Å²) in [6.45, 7) is 4.11. The Hall–Kier alpha value is -2.66. The number of aliphatic imine (C=N–C) groups is 1. The number of carbonyl (C=O) groups is 2. The summed E-state index contributed by atoms with van der Waals surface area (Å²) in [5, 5.41) is 3.47. The van der Waals surface area contributed by atoms with Crippen molar-refractivity contribution in [2.75, 3.05) is 11.9 Å². The van der Waals surface area contributed by atoms with Crippen LogP contribution in [-0.2, 0) is 9.59 Å². The average molecular weight is 424 g/mol. The predicted molar refractivity (Wildman–Crippen MR) is 120 cm³/mol. The molecule has 0 saturated heterocycles. The van der Waals surface area contributed by atoms with Crippen molar-refractivity contribution in [1.82, 2.24) is 4.90 Å². The number of nitrogens with zero attached hydrogens (tertiary/aromatic N) is 2. The van der Waals surface area contributed by atoms with Crippen LogP contribution in [0.5, 0.6) is 0 Å². The Balaban J connectivity index is 1.58. The minimum atomic E-state index is -0.628. The first kappa shape index (κ1) is 20.6. The molecule has 2 aromatic carbocycles. The third-order valence-corrected chi connectivity index (χ3v) is 6.56. The molecule has 2 aromatic rings. The topological polar surface area (TPSA) is 61.8 Å². The van der Waals surface area contributed by atoms with Gasteiger partial charge in [-0.2, -0.15) is 0 Å². The standard InChI is InChI=1S/C24H26ClN3O2/c1-16-10-12-24(13-11-16)27-22(18-6-4-3-5-7-18)23(30)28(24)15-21(29)26-19-9-8-17(2)20(25)14-19/h3-9,14,16H,10-13,15H2,1-2H3,(H,26,29). The van der Waals surface area contributed by atoms with E-state index >= 15 is 0 Å². The quantitative estimate of drug-likeness (QED) is 0.765. The number of amides is 2. The van der Waals surface area contributed by atoms with E-state index in [2.05, 4.69) is 12.2 Å². The van der Waals surface area contributed by atoms with Gasteiger partial charge in [0.05, 0.1) is 0 Å². The van der Waals surface area contributed by atoms with Gasteiger partial charge in [-0.3, -0.25) is 14.6 Å². The first-order chi connectivity index (χ1) is 14.4. The minimum absolute atomic E-state index is 0.0292. The molecule has 1 saturated carbocycles. The first-order valence-corrected chi connectivity index (χ1v) is 10.8. The van der Waals surface area contributed by atoms with Crippen molar-refractivity contribution in [2.24, 2.45) is 10.9 Å². The summed E-state index contributed by atoms with van der Waals surface area (Å²) in [5.74, 6) is 0.186. The van der Waals surface area contributed by atoms with Crippen LogP contribution in [0.4, 0.5) is 5.69 Å². The second-order valence-corrected chi connectivity index (χ2v) is 8.80. The molecule has 1 N–H and O–H groups in total. The molecule has 0 radical (unpaired) electrons. The van der Waals surface area contributed by atoms with Gasteiger partial charge >= 0.3 is 0 Å². The normalized spacial score (nSPS) is 23.6. The molecule has 1 spiro atoms. The van der Waals surface area contributed by atoms with Crippen LogP contribution in [0.2, 0.25) is 5.02 Å². The van der Waals surface area contributed by atoms with Gasteiger partial charge in [-0.05, 0) is 56.2 Å². The Morgan fingerprint density at radius 1 is 1.20 bits per heavy atom. The van der Waals surface area contributed by atoms with Crippen LogP contribution in [0, 0.1) is 12.8 Å². The molecule has 0 atom stereocenters. The molecular formula is C24H26ClN3O2. The molecule has 1 heterocycles. The van der Waals surface area contributed by atoms with Crippen molar-refractivity contribution in [2.45, 2.75) is 45.2 Å². The third kappa shape index (κ3) is 3.99. The Kier molecular flexibility index (Phi) is 5.65. The fourth-order valence-electron chi connectivity index (χ4n) is 4.26. The smallest absolute Gasteiger partial charge is 0.275 e. The highest BCUT2D eigenvalue weighted by Crippen LogP contribution is 2.41. The lowest BCUT2D eigenvalue weighted by Gasteiger charge is -2.40. The van der Waals surface area contributed by atoms with Crippen molar-refractivity contribution < 1.29 is 9.59 Å². The monoisotopic (exact) mass is 423 g/mol. The van der Waals surface area contributed by atoms with Gasteiger partial charge in [0.25, 0.3) is 5.91 Å². The van der Waals surface area contributed by atoms with E-state index in [4.69, 9.17) is 16.6 Å². The highest BCUT2D eigenvalue weighted by atomic mass is 35.5. The summed E-state index contributed by atoms with van der Waals surface area (Å²) in [5.41, 5.74) is 2.19. The fraction of sp³-hybridized carbons (Fsp3) is 0.375. The number of aryl methyl sites for hydroxylation is 1. The first-order valence-electron chi connectivity index (χ1n) is 10.4. The van der Waals surface area contributed by atoms with Crippen LogP contribution in [-0.4, -0.2) is 34.6 Å². The molecule has 30 heavy (non-hydrogen) atoms. The molecule has 156 valence electrons. The summed E-state index contributed by atoms with van der Waals surface area (Å²) in [6, 6.07) is 14.9. The maximum Gasteiger partial charge on any atom is 0.275 e. The SMILES string of the molecule is Cc1ccc(NC(=O)CN2C(=O)C(c3ccccc3)=NC23CCC(C)CC3)cc1Cl. The lowest BCUT2D eigenvalue weighted by molar-refractivity contribution is -0.134. The van der Waals surface area contributed by atoms with E-state index < -0.39 is 5.66 Å². The van der Waals surface area contributed by atoms with Gasteiger partial charge in [0, 0.05) is 16.3 Å². The molecule has 2 aliphatic rings. The van der Waals surface area contributed by atoms with Gasteiger partial charge < -0.3 is 10.2 Å². The largest absolute Gasteiger partial charge is 0.324 e. The molecule has 0 aromatic heterocycles. The lowest BCUT2D eigenvalue weighted by Crippen LogP contribution is -2.51. The maximum absolute atomic E-state index is 13.3. The number of hydrogen-bond donors (Lipinski definition) is 1. The molecule has 1 fully saturated rings. The number of rotatable bonds is 4. The molecule has 0 unspecified atom stereocenters. The summed E-state index contributed by atoms with van der Waals surface area (Å²) >= 11 is 6.17. The molecule has 6 heteroatoms. The number of benzene rings is 2. The van der Waals surface area contributed by atoms with Gasteiger partial charge in [0.1, 0.15) is 17.9 Å². The lowest BCUT2D eigenvalue weighted by atomic mass is 9.82. The van der Waals surface area contributed by atoms with Crippen molar-refractivity contribution in [3.05, 3.63) is 64.7 Å². The third-order valence-electron chi connectivity index (χ3n) is 6.15. The number of anilines is 1. The van der Waals surface area contributed by atoms with Gasteiger partial charge in [0.15, 0.2) is 0 Å². The number of nitrogens with one attached hydrogen (secondary N) is 1. The summed E-state index contributed by atoms with van der Waals surface area (Å²) in [6.07, 6.45) is 3.54. The van der Waals surface area contributed by atoms with Crippen LogP contribution >= 0.6 is 11.6 Å². The Labute approximate surface area is 182 Å². The average Bonchev–Trinajstić information content (AvgIpc) is 3.00. The molecule has 4 rings (SSSR count).